The molecule has 0 aromatic carbocycles. The molecule has 7 nitrogen and oxygen atoms in total. The Kier molecular flexibility index (Phi) is 3.72. The quantitative estimate of drug-likeness (QED) is 0.895. The fourth-order valence-corrected chi connectivity index (χ4v) is 2.89. The molecule has 112 valence electrons. The highest BCUT2D eigenvalue weighted by Gasteiger charge is 2.27. The minimum atomic E-state index is 0.203. The number of nitrogens with zero attached hydrogens (tertiary/aromatic N) is 5. The van der Waals surface area contributed by atoms with Crippen LogP contribution >= 0.6 is 0 Å². The number of anilines is 2. The van der Waals surface area contributed by atoms with E-state index < -0.39 is 0 Å². The molecule has 1 saturated carbocycles. The highest BCUT2D eigenvalue weighted by Crippen LogP contribution is 2.31. The number of nitrogens with one attached hydrogen (secondary N) is 1. The summed E-state index contributed by atoms with van der Waals surface area (Å²) in [5.74, 6) is 2.46. The molecule has 1 aliphatic rings. The van der Waals surface area contributed by atoms with E-state index >= 15 is 0 Å². The monoisotopic (exact) mass is 287 g/mol. The number of nitrogens with two attached hydrogens (primary N) is 1. The molecule has 3 rings (SSSR count). The first-order valence-corrected chi connectivity index (χ1v) is 7.41. The van der Waals surface area contributed by atoms with Crippen molar-refractivity contribution < 1.29 is 0 Å². The molecule has 0 radical (unpaired) electrons. The van der Waals surface area contributed by atoms with Gasteiger partial charge in [-0.2, -0.15) is 20.1 Å². The van der Waals surface area contributed by atoms with Gasteiger partial charge in [-0.15, -0.1) is 0 Å². The Hall–Kier alpha value is -2.18. The van der Waals surface area contributed by atoms with Crippen molar-refractivity contribution >= 4 is 11.9 Å². The van der Waals surface area contributed by atoms with E-state index in [1.165, 1.54) is 12.8 Å². The van der Waals surface area contributed by atoms with Gasteiger partial charge in [0.05, 0.1) is 0 Å². The predicted molar refractivity (Wildman–Crippen MR) is 81.0 cm³/mol. The van der Waals surface area contributed by atoms with Crippen LogP contribution in [0.3, 0.4) is 0 Å². The minimum Gasteiger partial charge on any atom is -0.368 e. The fraction of sp³-hybridized carbons (Fsp3) is 0.571. The van der Waals surface area contributed by atoms with Crippen LogP contribution in [0.25, 0.3) is 5.95 Å². The van der Waals surface area contributed by atoms with Crippen molar-refractivity contribution in [2.75, 3.05) is 11.1 Å². The maximum atomic E-state index is 5.79. The van der Waals surface area contributed by atoms with Gasteiger partial charge < -0.3 is 11.1 Å². The molecular weight excluding hydrogens is 266 g/mol. The third-order valence-corrected chi connectivity index (χ3v) is 4.37. The van der Waals surface area contributed by atoms with Crippen LogP contribution in [0.15, 0.2) is 18.5 Å². The molecule has 2 aromatic heterocycles. The van der Waals surface area contributed by atoms with Crippen LogP contribution in [0.4, 0.5) is 11.9 Å². The lowest BCUT2D eigenvalue weighted by Crippen LogP contribution is -2.35. The number of nitrogen functional groups attached to an aromatic ring is 1. The van der Waals surface area contributed by atoms with Crippen molar-refractivity contribution in [3.05, 3.63) is 18.5 Å². The number of hydrogen-bond acceptors (Lipinski definition) is 6. The lowest BCUT2D eigenvalue weighted by molar-refractivity contribution is 0.252. The first kappa shape index (κ1) is 13.8. The zero-order chi connectivity index (χ0) is 14.8. The molecule has 1 aliphatic carbocycles. The summed E-state index contributed by atoms with van der Waals surface area (Å²) >= 11 is 0. The molecule has 0 aliphatic heterocycles. The third-order valence-electron chi connectivity index (χ3n) is 4.37. The van der Waals surface area contributed by atoms with Crippen molar-refractivity contribution in [2.45, 2.75) is 39.2 Å². The molecule has 3 unspecified atom stereocenters. The SMILES string of the molecule is CC1CCCC(Nc2nc(N)nc(-n3cccn3)n2)C1C. The van der Waals surface area contributed by atoms with Crippen molar-refractivity contribution in [3.63, 3.8) is 0 Å². The average Bonchev–Trinajstić information content (AvgIpc) is 2.97. The van der Waals surface area contributed by atoms with Crippen molar-refractivity contribution in [1.29, 1.82) is 0 Å². The normalized spacial score (nSPS) is 25.7. The Morgan fingerprint density at radius 3 is 2.86 bits per heavy atom. The third kappa shape index (κ3) is 2.96. The zero-order valence-electron chi connectivity index (χ0n) is 12.4. The van der Waals surface area contributed by atoms with Crippen LogP contribution in [-0.4, -0.2) is 30.8 Å². The highest BCUT2D eigenvalue weighted by molar-refractivity contribution is 5.36. The van der Waals surface area contributed by atoms with Gasteiger partial charge in [0.15, 0.2) is 0 Å². The molecule has 1 fully saturated rings. The van der Waals surface area contributed by atoms with E-state index in [1.54, 1.807) is 17.1 Å². The van der Waals surface area contributed by atoms with Gasteiger partial charge in [-0.05, 0) is 24.3 Å². The smallest absolute Gasteiger partial charge is 0.257 e. The molecule has 0 spiro atoms. The maximum Gasteiger partial charge on any atom is 0.257 e. The maximum absolute atomic E-state index is 5.79. The first-order chi connectivity index (χ1) is 10.1. The Morgan fingerprint density at radius 1 is 1.24 bits per heavy atom. The van der Waals surface area contributed by atoms with Crippen LogP contribution < -0.4 is 11.1 Å². The summed E-state index contributed by atoms with van der Waals surface area (Å²) in [5, 5.41) is 7.54. The van der Waals surface area contributed by atoms with Crippen LogP contribution in [0.1, 0.15) is 33.1 Å². The van der Waals surface area contributed by atoms with E-state index in [1.807, 2.05) is 6.07 Å². The van der Waals surface area contributed by atoms with Gasteiger partial charge in [0.25, 0.3) is 5.95 Å². The summed E-state index contributed by atoms with van der Waals surface area (Å²) in [4.78, 5) is 12.7. The van der Waals surface area contributed by atoms with E-state index in [9.17, 15) is 0 Å². The molecule has 3 N–H and O–H groups in total. The van der Waals surface area contributed by atoms with Crippen molar-refractivity contribution in [1.82, 2.24) is 24.7 Å². The van der Waals surface area contributed by atoms with Gasteiger partial charge in [0.1, 0.15) is 0 Å². The van der Waals surface area contributed by atoms with Gasteiger partial charge in [-0.3, -0.25) is 0 Å². The lowest BCUT2D eigenvalue weighted by atomic mass is 9.78. The van der Waals surface area contributed by atoms with Gasteiger partial charge in [0.2, 0.25) is 11.9 Å². The summed E-state index contributed by atoms with van der Waals surface area (Å²) in [7, 11) is 0. The summed E-state index contributed by atoms with van der Waals surface area (Å²) in [5.41, 5.74) is 5.79. The van der Waals surface area contributed by atoms with E-state index in [-0.39, 0.29) is 5.95 Å². The molecule has 0 saturated heterocycles. The van der Waals surface area contributed by atoms with Gasteiger partial charge in [-0.1, -0.05) is 26.7 Å². The highest BCUT2D eigenvalue weighted by atomic mass is 15.4. The van der Waals surface area contributed by atoms with Crippen molar-refractivity contribution in [3.8, 4) is 5.95 Å². The standard InChI is InChI=1S/C14H21N7/c1-9-5-3-6-11(10(9)2)17-13-18-12(15)19-14(20-13)21-8-4-7-16-21/h4,7-11H,3,5-6H2,1-2H3,(H3,15,17,18,19,20). The number of hydrogen-bond donors (Lipinski definition) is 2. The van der Waals surface area contributed by atoms with Crippen molar-refractivity contribution in [2.24, 2.45) is 11.8 Å². The predicted octanol–water partition coefficient (Wildman–Crippen LogP) is 1.88. The van der Waals surface area contributed by atoms with E-state index in [0.29, 0.717) is 29.8 Å². The van der Waals surface area contributed by atoms with E-state index in [2.05, 4.69) is 39.2 Å². The largest absolute Gasteiger partial charge is 0.368 e. The second-order valence-electron chi connectivity index (χ2n) is 5.79. The van der Waals surface area contributed by atoms with Crippen LogP contribution in [0, 0.1) is 11.8 Å². The molecule has 21 heavy (non-hydrogen) atoms. The average molecular weight is 287 g/mol. The zero-order valence-corrected chi connectivity index (χ0v) is 12.4. The second-order valence-corrected chi connectivity index (χ2v) is 5.79. The molecule has 7 heteroatoms. The van der Waals surface area contributed by atoms with E-state index in [0.717, 1.165) is 6.42 Å². The lowest BCUT2D eigenvalue weighted by Gasteiger charge is -2.34. The van der Waals surface area contributed by atoms with Gasteiger partial charge in [0, 0.05) is 18.4 Å². The van der Waals surface area contributed by atoms with Gasteiger partial charge >= 0.3 is 0 Å². The fourth-order valence-electron chi connectivity index (χ4n) is 2.89. The first-order valence-electron chi connectivity index (χ1n) is 7.41. The topological polar surface area (TPSA) is 94.5 Å². The summed E-state index contributed by atoms with van der Waals surface area (Å²) < 4.78 is 1.58. The Bertz CT molecular complexity index is 595. The van der Waals surface area contributed by atoms with Gasteiger partial charge in [-0.25, -0.2) is 4.68 Å². The summed E-state index contributed by atoms with van der Waals surface area (Å²) in [6, 6.07) is 2.19. The molecular formula is C14H21N7. The van der Waals surface area contributed by atoms with Crippen LogP contribution in [0.2, 0.25) is 0 Å². The molecule has 2 aromatic rings. The van der Waals surface area contributed by atoms with E-state index in [4.69, 9.17) is 5.73 Å². The number of aromatic nitrogens is 5. The van der Waals surface area contributed by atoms with Crippen LogP contribution in [0.5, 0.6) is 0 Å². The Labute approximate surface area is 124 Å². The number of rotatable bonds is 3. The molecule has 2 heterocycles. The second kappa shape index (κ2) is 5.67. The Morgan fingerprint density at radius 2 is 2.10 bits per heavy atom. The minimum absolute atomic E-state index is 0.203. The Balaban J connectivity index is 1.82. The molecule has 3 atom stereocenters. The van der Waals surface area contributed by atoms with Crippen LogP contribution in [-0.2, 0) is 0 Å². The summed E-state index contributed by atoms with van der Waals surface area (Å²) in [6.45, 7) is 4.58. The molecule has 0 amide bonds. The summed E-state index contributed by atoms with van der Waals surface area (Å²) in [6.07, 6.45) is 7.11. The molecule has 0 bridgehead atoms.